The lowest BCUT2D eigenvalue weighted by Crippen LogP contribution is -2.36. The third-order valence-electron chi connectivity index (χ3n) is 2.74. The summed E-state index contributed by atoms with van der Waals surface area (Å²) in [5.41, 5.74) is 5.57. The molecule has 2 heteroatoms. The van der Waals surface area contributed by atoms with Gasteiger partial charge >= 0.3 is 0 Å². The molecule has 0 heterocycles. The van der Waals surface area contributed by atoms with Gasteiger partial charge in [0.1, 0.15) is 0 Å². The van der Waals surface area contributed by atoms with Gasteiger partial charge in [-0.25, -0.2) is 0 Å². The number of hydrogen-bond donors (Lipinski definition) is 2. The molecule has 1 atom stereocenters. The van der Waals surface area contributed by atoms with Gasteiger partial charge in [-0.05, 0) is 25.3 Å². The van der Waals surface area contributed by atoms with Crippen molar-refractivity contribution in [2.24, 2.45) is 5.84 Å². The normalized spacial score (nSPS) is 12.7. The second kappa shape index (κ2) is 6.59. The van der Waals surface area contributed by atoms with Crippen LogP contribution in [0.2, 0.25) is 0 Å². The zero-order chi connectivity index (χ0) is 11.1. The van der Waals surface area contributed by atoms with E-state index in [4.69, 9.17) is 5.84 Å². The number of hydrazine groups is 1. The predicted octanol–water partition coefficient (Wildman–Crippen LogP) is 2.56. The fraction of sp³-hybridized carbons (Fsp3) is 0.538. The van der Waals surface area contributed by atoms with Gasteiger partial charge < -0.3 is 0 Å². The predicted molar refractivity (Wildman–Crippen MR) is 65.5 cm³/mol. The molecule has 2 nitrogen and oxygen atoms in total. The van der Waals surface area contributed by atoms with Gasteiger partial charge in [0.2, 0.25) is 0 Å². The largest absolute Gasteiger partial charge is 0.271 e. The van der Waals surface area contributed by atoms with E-state index in [1.807, 2.05) is 0 Å². The van der Waals surface area contributed by atoms with Crippen molar-refractivity contribution in [3.63, 3.8) is 0 Å². The molecule has 84 valence electrons. The highest BCUT2D eigenvalue weighted by atomic mass is 15.2. The van der Waals surface area contributed by atoms with Gasteiger partial charge in [-0.1, -0.05) is 49.6 Å². The second-order valence-electron chi connectivity index (χ2n) is 4.20. The minimum absolute atomic E-state index is 0.410. The van der Waals surface area contributed by atoms with Crippen molar-refractivity contribution in [1.82, 2.24) is 5.43 Å². The van der Waals surface area contributed by atoms with Crippen molar-refractivity contribution >= 4 is 0 Å². The van der Waals surface area contributed by atoms with Crippen molar-refractivity contribution in [2.45, 2.75) is 45.6 Å². The first-order chi connectivity index (χ1) is 7.26. The molecular formula is C13H22N2. The van der Waals surface area contributed by atoms with Gasteiger partial charge in [-0.2, -0.15) is 0 Å². The first-order valence-electron chi connectivity index (χ1n) is 5.78. The summed E-state index contributed by atoms with van der Waals surface area (Å²) in [6.45, 7) is 4.32. The maximum Gasteiger partial charge on any atom is 0.0250 e. The van der Waals surface area contributed by atoms with Crippen LogP contribution >= 0.6 is 0 Å². The van der Waals surface area contributed by atoms with Crippen LogP contribution in [0.15, 0.2) is 24.3 Å². The zero-order valence-corrected chi connectivity index (χ0v) is 9.79. The number of nitrogens with one attached hydrogen (secondary N) is 1. The van der Waals surface area contributed by atoms with E-state index in [0.29, 0.717) is 6.04 Å². The van der Waals surface area contributed by atoms with Gasteiger partial charge in [0.05, 0.1) is 0 Å². The first kappa shape index (κ1) is 12.2. The van der Waals surface area contributed by atoms with E-state index in [2.05, 4.69) is 43.5 Å². The van der Waals surface area contributed by atoms with Gasteiger partial charge in [0.15, 0.2) is 0 Å². The summed E-state index contributed by atoms with van der Waals surface area (Å²) >= 11 is 0. The summed E-state index contributed by atoms with van der Waals surface area (Å²) in [7, 11) is 0. The molecule has 0 saturated heterocycles. The molecule has 3 N–H and O–H groups in total. The molecule has 0 aromatic heterocycles. The van der Waals surface area contributed by atoms with Crippen LogP contribution in [0.4, 0.5) is 0 Å². The molecule has 0 bridgehead atoms. The van der Waals surface area contributed by atoms with Gasteiger partial charge in [-0.15, -0.1) is 0 Å². The molecule has 0 spiro atoms. The average molecular weight is 206 g/mol. The second-order valence-corrected chi connectivity index (χ2v) is 4.20. The minimum Gasteiger partial charge on any atom is -0.271 e. The minimum atomic E-state index is 0.410. The molecule has 1 aromatic rings. The maximum absolute atomic E-state index is 5.54. The maximum atomic E-state index is 5.54. The summed E-state index contributed by atoms with van der Waals surface area (Å²) in [6, 6.07) is 9.09. The lowest BCUT2D eigenvalue weighted by atomic mass is 10.0. The van der Waals surface area contributed by atoms with Crippen LogP contribution in [0.1, 0.15) is 37.3 Å². The van der Waals surface area contributed by atoms with Crippen LogP contribution in [0.25, 0.3) is 0 Å². The van der Waals surface area contributed by atoms with Crippen LogP contribution in [0, 0.1) is 6.92 Å². The highest BCUT2D eigenvalue weighted by molar-refractivity contribution is 5.22. The summed E-state index contributed by atoms with van der Waals surface area (Å²) < 4.78 is 0. The number of unbranched alkanes of at least 4 members (excludes halogenated alkanes) is 1. The molecule has 1 rings (SSSR count). The number of nitrogens with two attached hydrogens (primary N) is 1. The van der Waals surface area contributed by atoms with Crippen LogP contribution in [-0.2, 0) is 6.42 Å². The summed E-state index contributed by atoms with van der Waals surface area (Å²) in [4.78, 5) is 0. The van der Waals surface area contributed by atoms with E-state index < -0.39 is 0 Å². The Hall–Kier alpha value is -0.860. The van der Waals surface area contributed by atoms with Crippen molar-refractivity contribution in [2.75, 3.05) is 0 Å². The Morgan fingerprint density at radius 3 is 2.47 bits per heavy atom. The molecule has 1 aromatic carbocycles. The van der Waals surface area contributed by atoms with E-state index >= 15 is 0 Å². The molecule has 0 saturated carbocycles. The zero-order valence-electron chi connectivity index (χ0n) is 9.79. The third-order valence-corrected chi connectivity index (χ3v) is 2.74. The van der Waals surface area contributed by atoms with Crippen molar-refractivity contribution in [3.8, 4) is 0 Å². The summed E-state index contributed by atoms with van der Waals surface area (Å²) in [6.07, 6.45) is 4.64. The Morgan fingerprint density at radius 2 is 1.93 bits per heavy atom. The van der Waals surface area contributed by atoms with Gasteiger partial charge in [-0.3, -0.25) is 11.3 Å². The van der Waals surface area contributed by atoms with Crippen molar-refractivity contribution in [3.05, 3.63) is 35.4 Å². The molecule has 0 fully saturated rings. The molecule has 0 aliphatic heterocycles. The van der Waals surface area contributed by atoms with E-state index in [-0.39, 0.29) is 0 Å². The molecule has 0 aliphatic carbocycles. The fourth-order valence-corrected chi connectivity index (χ4v) is 1.70. The van der Waals surface area contributed by atoms with Crippen molar-refractivity contribution in [1.29, 1.82) is 0 Å². The van der Waals surface area contributed by atoms with Crippen LogP contribution in [0.3, 0.4) is 0 Å². The lowest BCUT2D eigenvalue weighted by molar-refractivity contribution is 0.473. The van der Waals surface area contributed by atoms with Crippen LogP contribution in [0.5, 0.6) is 0 Å². The van der Waals surface area contributed by atoms with Gasteiger partial charge in [0.25, 0.3) is 0 Å². The SMILES string of the molecule is CCCCC(Cc1ccc(C)cc1)NN. The first-order valence-corrected chi connectivity index (χ1v) is 5.78. The highest BCUT2D eigenvalue weighted by Crippen LogP contribution is 2.09. The Bertz CT molecular complexity index is 266. The summed E-state index contributed by atoms with van der Waals surface area (Å²) in [5.74, 6) is 5.54. The monoisotopic (exact) mass is 206 g/mol. The number of benzene rings is 1. The van der Waals surface area contributed by atoms with Gasteiger partial charge in [0, 0.05) is 6.04 Å². The van der Waals surface area contributed by atoms with E-state index in [9.17, 15) is 0 Å². The van der Waals surface area contributed by atoms with Crippen LogP contribution < -0.4 is 11.3 Å². The number of hydrogen-bond acceptors (Lipinski definition) is 2. The quantitative estimate of drug-likeness (QED) is 0.554. The Kier molecular flexibility index (Phi) is 5.37. The number of rotatable bonds is 6. The van der Waals surface area contributed by atoms with E-state index in [1.54, 1.807) is 0 Å². The standard InChI is InChI=1S/C13H22N2/c1-3-4-5-13(15-14)10-12-8-6-11(2)7-9-12/h6-9,13,15H,3-5,10,14H2,1-2H3. The number of aryl methyl sites for hydroxylation is 1. The molecule has 1 unspecified atom stereocenters. The highest BCUT2D eigenvalue weighted by Gasteiger charge is 2.06. The summed E-state index contributed by atoms with van der Waals surface area (Å²) in [5, 5.41) is 0. The lowest BCUT2D eigenvalue weighted by Gasteiger charge is -2.15. The van der Waals surface area contributed by atoms with Crippen LogP contribution in [-0.4, -0.2) is 6.04 Å². The Labute approximate surface area is 92.8 Å². The Morgan fingerprint density at radius 1 is 1.27 bits per heavy atom. The molecule has 15 heavy (non-hydrogen) atoms. The molecule has 0 aliphatic rings. The average Bonchev–Trinajstić information content (AvgIpc) is 2.27. The topological polar surface area (TPSA) is 38.0 Å². The fourth-order valence-electron chi connectivity index (χ4n) is 1.70. The smallest absolute Gasteiger partial charge is 0.0250 e. The molecular weight excluding hydrogens is 184 g/mol. The van der Waals surface area contributed by atoms with E-state index in [1.165, 1.54) is 24.0 Å². The molecule has 0 amide bonds. The van der Waals surface area contributed by atoms with Crippen molar-refractivity contribution < 1.29 is 0 Å². The third kappa shape index (κ3) is 4.45. The van der Waals surface area contributed by atoms with E-state index in [0.717, 1.165) is 12.8 Å². The Balaban J connectivity index is 2.47. The molecule has 0 radical (unpaired) electrons.